The zero-order valence-electron chi connectivity index (χ0n) is 17.1. The van der Waals surface area contributed by atoms with Crippen molar-refractivity contribution in [1.82, 2.24) is 15.6 Å². The molecule has 1 saturated heterocycles. The molecule has 0 atom stereocenters. The Morgan fingerprint density at radius 3 is 2.57 bits per heavy atom. The van der Waals surface area contributed by atoms with E-state index >= 15 is 0 Å². The lowest BCUT2D eigenvalue weighted by atomic mass is 9.89. The smallest absolute Gasteiger partial charge is 0.263 e. The quantitative estimate of drug-likeness (QED) is 0.558. The summed E-state index contributed by atoms with van der Waals surface area (Å²) < 4.78 is 0. The van der Waals surface area contributed by atoms with Gasteiger partial charge in [-0.05, 0) is 74.4 Å². The molecule has 1 aromatic carbocycles. The van der Waals surface area contributed by atoms with Gasteiger partial charge < -0.3 is 16.4 Å². The van der Waals surface area contributed by atoms with Gasteiger partial charge in [-0.1, -0.05) is 24.3 Å². The number of thiophene rings is 1. The van der Waals surface area contributed by atoms with Crippen LogP contribution in [-0.4, -0.2) is 30.5 Å². The van der Waals surface area contributed by atoms with Crippen molar-refractivity contribution in [2.24, 2.45) is 0 Å². The number of nitrogen functional groups attached to an aromatic ring is 1. The van der Waals surface area contributed by atoms with E-state index in [0.29, 0.717) is 28.9 Å². The van der Waals surface area contributed by atoms with E-state index in [1.54, 1.807) is 0 Å². The molecule has 6 heteroatoms. The van der Waals surface area contributed by atoms with Crippen molar-refractivity contribution in [2.45, 2.75) is 43.9 Å². The average Bonchev–Trinajstić information content (AvgIpc) is 3.58. The van der Waals surface area contributed by atoms with E-state index in [0.717, 1.165) is 35.4 Å². The van der Waals surface area contributed by atoms with Crippen LogP contribution >= 0.6 is 11.3 Å². The van der Waals surface area contributed by atoms with Crippen LogP contribution in [0.25, 0.3) is 10.2 Å². The number of hydrogen-bond acceptors (Lipinski definition) is 5. The highest BCUT2D eigenvalue weighted by Crippen LogP contribution is 2.41. The van der Waals surface area contributed by atoms with Gasteiger partial charge in [-0.25, -0.2) is 4.98 Å². The maximum Gasteiger partial charge on any atom is 0.263 e. The minimum absolute atomic E-state index is 0.102. The van der Waals surface area contributed by atoms with Crippen molar-refractivity contribution < 1.29 is 4.79 Å². The fourth-order valence-electron chi connectivity index (χ4n) is 4.30. The topological polar surface area (TPSA) is 80.0 Å². The Balaban J connectivity index is 1.19. The van der Waals surface area contributed by atoms with Gasteiger partial charge in [0, 0.05) is 23.5 Å². The standard InChI is InChI=1S/C24H28N4OS/c25-21-19-7-8-20(18-5-6-18)28-24(19)30-22(21)23(29)27-14-9-15-1-3-16(4-2-15)17-10-12-26-13-11-17/h1-4,7-8,17-18,26H,5-6,9-14,25H2,(H,27,29). The van der Waals surface area contributed by atoms with E-state index in [4.69, 9.17) is 10.7 Å². The molecule has 0 bridgehead atoms. The SMILES string of the molecule is Nc1c(C(=O)NCCc2ccc(C3CCNCC3)cc2)sc2nc(C3CC3)ccc12. The molecule has 5 nitrogen and oxygen atoms in total. The number of piperidine rings is 1. The van der Waals surface area contributed by atoms with Gasteiger partial charge >= 0.3 is 0 Å². The van der Waals surface area contributed by atoms with Gasteiger partial charge in [0.25, 0.3) is 5.91 Å². The van der Waals surface area contributed by atoms with Crippen LogP contribution in [-0.2, 0) is 6.42 Å². The first kappa shape index (κ1) is 19.5. The summed E-state index contributed by atoms with van der Waals surface area (Å²) in [7, 11) is 0. The fraction of sp³-hybridized carbons (Fsp3) is 0.417. The lowest BCUT2D eigenvalue weighted by molar-refractivity contribution is 0.0959. The summed E-state index contributed by atoms with van der Waals surface area (Å²) in [6.45, 7) is 2.81. The summed E-state index contributed by atoms with van der Waals surface area (Å²) in [4.78, 5) is 18.9. The normalized spacial score (nSPS) is 17.3. The van der Waals surface area contributed by atoms with Crippen LogP contribution in [0.1, 0.15) is 64.0 Å². The Morgan fingerprint density at radius 2 is 1.83 bits per heavy atom. The average molecular weight is 421 g/mol. The number of nitrogens with zero attached hydrogens (tertiary/aromatic N) is 1. The van der Waals surface area contributed by atoms with Crippen LogP contribution in [0.4, 0.5) is 5.69 Å². The molecule has 1 saturated carbocycles. The number of rotatable bonds is 6. The number of anilines is 1. The van der Waals surface area contributed by atoms with E-state index in [-0.39, 0.29) is 5.91 Å². The molecule has 2 aliphatic rings. The molecule has 156 valence electrons. The summed E-state index contributed by atoms with van der Waals surface area (Å²) in [6, 6.07) is 13.0. The Labute approximate surface area is 181 Å². The second kappa shape index (κ2) is 8.36. The first-order chi connectivity index (χ1) is 14.7. The Bertz CT molecular complexity index is 1050. The second-order valence-electron chi connectivity index (χ2n) is 8.48. The van der Waals surface area contributed by atoms with E-state index in [9.17, 15) is 4.79 Å². The zero-order valence-corrected chi connectivity index (χ0v) is 17.9. The second-order valence-corrected chi connectivity index (χ2v) is 9.48. The van der Waals surface area contributed by atoms with Crippen LogP contribution in [0, 0.1) is 0 Å². The predicted octanol–water partition coefficient (Wildman–Crippen LogP) is 4.20. The highest BCUT2D eigenvalue weighted by Gasteiger charge is 2.26. The Hall–Kier alpha value is -2.44. The summed E-state index contributed by atoms with van der Waals surface area (Å²) >= 11 is 1.40. The summed E-state index contributed by atoms with van der Waals surface area (Å²) in [5, 5.41) is 7.34. The third-order valence-electron chi connectivity index (χ3n) is 6.31. The van der Waals surface area contributed by atoms with Crippen molar-refractivity contribution in [3.63, 3.8) is 0 Å². The maximum absolute atomic E-state index is 12.7. The van der Waals surface area contributed by atoms with Crippen LogP contribution < -0.4 is 16.4 Å². The van der Waals surface area contributed by atoms with Gasteiger partial charge in [-0.15, -0.1) is 11.3 Å². The van der Waals surface area contributed by atoms with Crippen molar-refractivity contribution in [1.29, 1.82) is 0 Å². The van der Waals surface area contributed by atoms with Crippen molar-refractivity contribution in [2.75, 3.05) is 25.4 Å². The number of nitrogens with two attached hydrogens (primary N) is 1. The number of amides is 1. The first-order valence-corrected chi connectivity index (χ1v) is 11.8. The lowest BCUT2D eigenvalue weighted by Gasteiger charge is -2.23. The van der Waals surface area contributed by atoms with Gasteiger partial charge in [0.15, 0.2) is 0 Å². The predicted molar refractivity (Wildman–Crippen MR) is 123 cm³/mol. The number of fused-ring (bicyclic) bond motifs is 1. The number of aromatic nitrogens is 1. The molecule has 2 fully saturated rings. The largest absolute Gasteiger partial charge is 0.397 e. The van der Waals surface area contributed by atoms with Gasteiger partial charge in [0.1, 0.15) is 9.71 Å². The Morgan fingerprint density at radius 1 is 1.07 bits per heavy atom. The molecule has 3 heterocycles. The van der Waals surface area contributed by atoms with Gasteiger partial charge in [0.2, 0.25) is 0 Å². The third-order valence-corrected chi connectivity index (χ3v) is 7.42. The van der Waals surface area contributed by atoms with Gasteiger partial charge in [0.05, 0.1) is 5.69 Å². The zero-order chi connectivity index (χ0) is 20.5. The molecule has 3 aromatic rings. The minimum atomic E-state index is -0.102. The summed E-state index contributed by atoms with van der Waals surface area (Å²) in [5.41, 5.74) is 10.6. The third kappa shape index (κ3) is 4.07. The number of carbonyl (C=O) groups is 1. The molecule has 1 amide bonds. The van der Waals surface area contributed by atoms with E-state index in [2.05, 4.69) is 41.0 Å². The van der Waals surface area contributed by atoms with E-state index in [1.807, 2.05) is 6.07 Å². The maximum atomic E-state index is 12.7. The molecule has 5 rings (SSSR count). The minimum Gasteiger partial charge on any atom is -0.397 e. The highest BCUT2D eigenvalue weighted by atomic mass is 32.1. The van der Waals surface area contributed by atoms with Gasteiger partial charge in [-0.3, -0.25) is 4.79 Å². The molecule has 1 aliphatic carbocycles. The molecule has 30 heavy (non-hydrogen) atoms. The van der Waals surface area contributed by atoms with E-state index in [1.165, 1.54) is 48.1 Å². The van der Waals surface area contributed by atoms with Crippen LogP contribution in [0.3, 0.4) is 0 Å². The van der Waals surface area contributed by atoms with Crippen molar-refractivity contribution in [3.05, 3.63) is 58.1 Å². The molecule has 1 aliphatic heterocycles. The van der Waals surface area contributed by atoms with E-state index < -0.39 is 0 Å². The monoisotopic (exact) mass is 420 g/mol. The van der Waals surface area contributed by atoms with Crippen LogP contribution in [0.15, 0.2) is 36.4 Å². The molecule has 0 unspecified atom stereocenters. The summed E-state index contributed by atoms with van der Waals surface area (Å²) in [6.07, 6.45) is 5.66. The van der Waals surface area contributed by atoms with Crippen LogP contribution in [0.5, 0.6) is 0 Å². The molecule has 4 N–H and O–H groups in total. The Kier molecular flexibility index (Phi) is 5.44. The number of carbonyl (C=O) groups excluding carboxylic acids is 1. The number of nitrogens with one attached hydrogen (secondary N) is 2. The van der Waals surface area contributed by atoms with Crippen molar-refractivity contribution >= 4 is 33.1 Å². The molecular formula is C24H28N4OS. The van der Waals surface area contributed by atoms with Crippen LogP contribution in [0.2, 0.25) is 0 Å². The lowest BCUT2D eigenvalue weighted by Crippen LogP contribution is -2.26. The number of hydrogen-bond donors (Lipinski definition) is 3. The molecule has 0 radical (unpaired) electrons. The van der Waals surface area contributed by atoms with Crippen molar-refractivity contribution in [3.8, 4) is 0 Å². The molecule has 2 aromatic heterocycles. The molecule has 0 spiro atoms. The van der Waals surface area contributed by atoms with Gasteiger partial charge in [-0.2, -0.15) is 0 Å². The summed E-state index contributed by atoms with van der Waals surface area (Å²) in [5.74, 6) is 1.16. The fourth-order valence-corrected chi connectivity index (χ4v) is 5.32. The number of pyridine rings is 1. The number of benzene rings is 1. The first-order valence-electron chi connectivity index (χ1n) is 11.0. The highest BCUT2D eigenvalue weighted by molar-refractivity contribution is 7.21. The molecular weight excluding hydrogens is 392 g/mol.